The quantitative estimate of drug-likeness (QED) is 0.853. The molecular weight excluding hydrogens is 262 g/mol. The van der Waals surface area contributed by atoms with E-state index in [1.54, 1.807) is 0 Å². The van der Waals surface area contributed by atoms with Crippen LogP contribution in [0.15, 0.2) is 18.2 Å². The summed E-state index contributed by atoms with van der Waals surface area (Å²) in [4.78, 5) is 14.3. The molecule has 0 aromatic heterocycles. The van der Waals surface area contributed by atoms with Crippen LogP contribution in [0.25, 0.3) is 0 Å². The Bertz CT molecular complexity index is 512. The molecule has 0 radical (unpaired) electrons. The molecule has 1 aliphatic carbocycles. The first-order chi connectivity index (χ1) is 10.1. The van der Waals surface area contributed by atoms with Crippen LogP contribution < -0.4 is 4.74 Å². The molecule has 3 heteroatoms. The minimum absolute atomic E-state index is 0.141. The molecule has 1 amide bonds. The fourth-order valence-electron chi connectivity index (χ4n) is 3.65. The predicted octanol–water partition coefficient (Wildman–Crippen LogP) is 3.33. The highest BCUT2D eigenvalue weighted by atomic mass is 16.5. The maximum absolute atomic E-state index is 12.3. The monoisotopic (exact) mass is 287 g/mol. The average Bonchev–Trinajstić information content (AvgIpc) is 2.92. The lowest BCUT2D eigenvalue weighted by Crippen LogP contribution is -2.33. The molecule has 1 saturated heterocycles. The summed E-state index contributed by atoms with van der Waals surface area (Å²) in [5.41, 5.74) is 2.45. The summed E-state index contributed by atoms with van der Waals surface area (Å²) in [6.45, 7) is 6.20. The van der Waals surface area contributed by atoms with E-state index in [4.69, 9.17) is 4.74 Å². The molecule has 0 bridgehead atoms. The van der Waals surface area contributed by atoms with Crippen LogP contribution in [0.4, 0.5) is 0 Å². The van der Waals surface area contributed by atoms with Crippen LogP contribution in [0.2, 0.25) is 0 Å². The molecule has 1 heterocycles. The number of carbonyl (C=O) groups excluding carboxylic acids is 1. The van der Waals surface area contributed by atoms with Crippen molar-refractivity contribution in [2.45, 2.75) is 39.5 Å². The van der Waals surface area contributed by atoms with E-state index in [0.717, 1.165) is 30.7 Å². The van der Waals surface area contributed by atoms with Crippen molar-refractivity contribution in [1.82, 2.24) is 4.90 Å². The van der Waals surface area contributed by atoms with Crippen LogP contribution in [0.1, 0.15) is 36.8 Å². The van der Waals surface area contributed by atoms with Gasteiger partial charge in [0.05, 0.1) is 0 Å². The lowest BCUT2D eigenvalue weighted by molar-refractivity contribution is -0.132. The molecule has 1 aromatic carbocycles. The second kappa shape index (κ2) is 6.08. The van der Waals surface area contributed by atoms with E-state index in [1.165, 1.54) is 36.8 Å². The summed E-state index contributed by atoms with van der Waals surface area (Å²) >= 11 is 0. The number of aryl methyl sites for hydroxylation is 2. The Balaban J connectivity index is 1.53. The lowest BCUT2D eigenvalue weighted by atomic mass is 9.82. The topological polar surface area (TPSA) is 29.5 Å². The van der Waals surface area contributed by atoms with Crippen molar-refractivity contribution in [3.63, 3.8) is 0 Å². The van der Waals surface area contributed by atoms with E-state index in [9.17, 15) is 4.79 Å². The molecule has 3 rings (SSSR count). The maximum Gasteiger partial charge on any atom is 0.260 e. The van der Waals surface area contributed by atoms with E-state index < -0.39 is 0 Å². The molecule has 0 N–H and O–H groups in total. The zero-order valence-electron chi connectivity index (χ0n) is 13.1. The zero-order chi connectivity index (χ0) is 14.8. The van der Waals surface area contributed by atoms with Crippen LogP contribution in [-0.4, -0.2) is 30.5 Å². The summed E-state index contributed by atoms with van der Waals surface area (Å²) in [5.74, 6) is 2.42. The molecule has 114 valence electrons. The molecule has 21 heavy (non-hydrogen) atoms. The van der Waals surface area contributed by atoms with E-state index in [2.05, 4.69) is 13.8 Å². The fraction of sp³-hybridized carbons (Fsp3) is 0.611. The number of likely N-dealkylation sites (tertiary alicyclic amines) is 1. The third kappa shape index (κ3) is 3.22. The Morgan fingerprint density at radius 2 is 1.81 bits per heavy atom. The summed E-state index contributed by atoms with van der Waals surface area (Å²) in [5, 5.41) is 0. The first-order valence-corrected chi connectivity index (χ1v) is 8.11. The number of fused-ring (bicyclic) bond motifs is 1. The normalized spacial score (nSPS) is 24.8. The van der Waals surface area contributed by atoms with Crippen LogP contribution in [-0.2, 0) is 4.79 Å². The van der Waals surface area contributed by atoms with Crippen LogP contribution in [0, 0.1) is 25.7 Å². The van der Waals surface area contributed by atoms with Crippen molar-refractivity contribution >= 4 is 5.91 Å². The molecule has 0 spiro atoms. The van der Waals surface area contributed by atoms with Gasteiger partial charge in [0.1, 0.15) is 5.75 Å². The van der Waals surface area contributed by atoms with Gasteiger partial charge in [-0.2, -0.15) is 0 Å². The number of carbonyl (C=O) groups is 1. The first-order valence-electron chi connectivity index (χ1n) is 8.11. The third-order valence-electron chi connectivity index (χ3n) is 5.17. The number of nitrogens with zero attached hydrogens (tertiary/aromatic N) is 1. The molecule has 3 nitrogen and oxygen atoms in total. The van der Waals surface area contributed by atoms with Crippen molar-refractivity contribution in [1.29, 1.82) is 0 Å². The van der Waals surface area contributed by atoms with Crippen LogP contribution in [0.3, 0.4) is 0 Å². The minimum atomic E-state index is 0.141. The summed E-state index contributed by atoms with van der Waals surface area (Å²) in [6, 6.07) is 5.99. The largest absolute Gasteiger partial charge is 0.484 e. The van der Waals surface area contributed by atoms with Gasteiger partial charge in [0, 0.05) is 13.1 Å². The molecule has 2 atom stereocenters. The standard InChI is InChI=1S/C18H25NO2/c1-13-7-8-17(9-14(13)2)21-12-18(20)19-10-15-5-3-4-6-16(15)11-19/h7-9,15-16H,3-6,10-12H2,1-2H3. The van der Waals surface area contributed by atoms with Gasteiger partial charge in [0.25, 0.3) is 5.91 Å². The number of benzene rings is 1. The Morgan fingerprint density at radius 3 is 2.43 bits per heavy atom. The number of ether oxygens (including phenoxy) is 1. The van der Waals surface area contributed by atoms with Crippen LogP contribution >= 0.6 is 0 Å². The minimum Gasteiger partial charge on any atom is -0.484 e. The van der Waals surface area contributed by atoms with E-state index >= 15 is 0 Å². The van der Waals surface area contributed by atoms with Crippen molar-refractivity contribution in [2.24, 2.45) is 11.8 Å². The van der Waals surface area contributed by atoms with Crippen molar-refractivity contribution in [3.05, 3.63) is 29.3 Å². The van der Waals surface area contributed by atoms with Gasteiger partial charge in [-0.3, -0.25) is 4.79 Å². The molecular formula is C18H25NO2. The van der Waals surface area contributed by atoms with Gasteiger partial charge in [-0.25, -0.2) is 0 Å². The van der Waals surface area contributed by atoms with Gasteiger partial charge in [0.2, 0.25) is 0 Å². The molecule has 2 aliphatic rings. The van der Waals surface area contributed by atoms with Gasteiger partial charge in [-0.05, 0) is 61.8 Å². The number of rotatable bonds is 3. The van der Waals surface area contributed by atoms with Gasteiger partial charge < -0.3 is 9.64 Å². The van der Waals surface area contributed by atoms with Crippen molar-refractivity contribution in [3.8, 4) is 5.75 Å². The Hall–Kier alpha value is -1.51. The smallest absolute Gasteiger partial charge is 0.260 e. The van der Waals surface area contributed by atoms with E-state index in [0.29, 0.717) is 0 Å². The van der Waals surface area contributed by atoms with Crippen molar-refractivity contribution in [2.75, 3.05) is 19.7 Å². The lowest BCUT2D eigenvalue weighted by Gasteiger charge is -2.22. The SMILES string of the molecule is Cc1ccc(OCC(=O)N2CC3CCCCC3C2)cc1C. The highest BCUT2D eigenvalue weighted by molar-refractivity contribution is 5.78. The fourth-order valence-corrected chi connectivity index (χ4v) is 3.65. The van der Waals surface area contributed by atoms with Gasteiger partial charge >= 0.3 is 0 Å². The number of amides is 1. The first kappa shape index (κ1) is 14.4. The summed E-state index contributed by atoms with van der Waals surface area (Å²) < 4.78 is 5.68. The number of hydrogen-bond donors (Lipinski definition) is 0. The van der Waals surface area contributed by atoms with E-state index in [-0.39, 0.29) is 12.5 Å². The Morgan fingerprint density at radius 1 is 1.14 bits per heavy atom. The van der Waals surface area contributed by atoms with E-state index in [1.807, 2.05) is 23.1 Å². The second-order valence-electron chi connectivity index (χ2n) is 6.64. The molecule has 2 unspecified atom stereocenters. The summed E-state index contributed by atoms with van der Waals surface area (Å²) in [6.07, 6.45) is 5.27. The zero-order valence-corrected chi connectivity index (χ0v) is 13.1. The molecule has 2 fully saturated rings. The van der Waals surface area contributed by atoms with Gasteiger partial charge in [-0.1, -0.05) is 18.9 Å². The van der Waals surface area contributed by atoms with Crippen LogP contribution in [0.5, 0.6) is 5.75 Å². The summed E-state index contributed by atoms with van der Waals surface area (Å²) in [7, 11) is 0. The second-order valence-corrected chi connectivity index (χ2v) is 6.64. The van der Waals surface area contributed by atoms with Gasteiger partial charge in [0.15, 0.2) is 6.61 Å². The van der Waals surface area contributed by atoms with Gasteiger partial charge in [-0.15, -0.1) is 0 Å². The molecule has 1 aliphatic heterocycles. The highest BCUT2D eigenvalue weighted by Gasteiger charge is 2.36. The maximum atomic E-state index is 12.3. The predicted molar refractivity (Wildman–Crippen MR) is 83.4 cm³/mol. The number of hydrogen-bond acceptors (Lipinski definition) is 2. The average molecular weight is 287 g/mol. The highest BCUT2D eigenvalue weighted by Crippen LogP contribution is 2.35. The Labute approximate surface area is 127 Å². The Kier molecular flexibility index (Phi) is 4.18. The molecule has 1 saturated carbocycles. The third-order valence-corrected chi connectivity index (χ3v) is 5.17. The van der Waals surface area contributed by atoms with Crippen molar-refractivity contribution < 1.29 is 9.53 Å². The molecule has 1 aromatic rings.